The Kier molecular flexibility index (Phi) is 6.55. The van der Waals surface area contributed by atoms with Gasteiger partial charge < -0.3 is 0 Å². The summed E-state index contributed by atoms with van der Waals surface area (Å²) in [6, 6.07) is 3.35. The second-order valence-corrected chi connectivity index (χ2v) is 9.12. The molecular formula is C27H30F4. The van der Waals surface area contributed by atoms with E-state index in [4.69, 9.17) is 0 Å². The lowest BCUT2D eigenvalue weighted by Gasteiger charge is -2.29. The second kappa shape index (κ2) is 9.18. The molecule has 0 spiro atoms. The van der Waals surface area contributed by atoms with Crippen molar-refractivity contribution in [3.63, 3.8) is 0 Å². The molecule has 0 atom stereocenters. The van der Waals surface area contributed by atoms with Crippen LogP contribution < -0.4 is 0 Å². The lowest BCUT2D eigenvalue weighted by atomic mass is 9.76. The summed E-state index contributed by atoms with van der Waals surface area (Å²) in [7, 11) is 0. The second-order valence-electron chi connectivity index (χ2n) is 9.12. The van der Waals surface area contributed by atoms with E-state index in [1.165, 1.54) is 0 Å². The van der Waals surface area contributed by atoms with Crippen LogP contribution in [-0.2, 0) is 12.8 Å². The molecule has 1 fully saturated rings. The Hall–Kier alpha value is -2.10. The third kappa shape index (κ3) is 4.06. The van der Waals surface area contributed by atoms with Gasteiger partial charge in [-0.1, -0.05) is 37.6 Å². The molecule has 0 heterocycles. The average molecular weight is 431 g/mol. The van der Waals surface area contributed by atoms with Crippen molar-refractivity contribution >= 4 is 0 Å². The smallest absolute Gasteiger partial charge is 0.167 e. The Morgan fingerprint density at radius 1 is 0.871 bits per heavy atom. The van der Waals surface area contributed by atoms with Gasteiger partial charge in [0, 0.05) is 11.1 Å². The summed E-state index contributed by atoms with van der Waals surface area (Å²) in [4.78, 5) is 0. The van der Waals surface area contributed by atoms with Gasteiger partial charge in [-0.2, -0.15) is 0 Å². The van der Waals surface area contributed by atoms with Crippen LogP contribution in [0.2, 0.25) is 0 Å². The number of aryl methyl sites for hydroxylation is 1. The van der Waals surface area contributed by atoms with Gasteiger partial charge in [-0.3, -0.25) is 0 Å². The van der Waals surface area contributed by atoms with Crippen LogP contribution in [-0.4, -0.2) is 0 Å². The molecule has 0 aromatic heterocycles. The third-order valence-corrected chi connectivity index (χ3v) is 7.09. The van der Waals surface area contributed by atoms with E-state index < -0.39 is 23.3 Å². The molecule has 0 aliphatic heterocycles. The fourth-order valence-corrected chi connectivity index (χ4v) is 5.47. The van der Waals surface area contributed by atoms with Crippen molar-refractivity contribution in [1.29, 1.82) is 0 Å². The van der Waals surface area contributed by atoms with Gasteiger partial charge in [0.2, 0.25) is 0 Å². The first-order valence-corrected chi connectivity index (χ1v) is 11.6. The van der Waals surface area contributed by atoms with Gasteiger partial charge >= 0.3 is 0 Å². The van der Waals surface area contributed by atoms with Gasteiger partial charge in [-0.25, -0.2) is 17.6 Å². The topological polar surface area (TPSA) is 0 Å². The molecule has 0 N–H and O–H groups in total. The van der Waals surface area contributed by atoms with E-state index in [0.29, 0.717) is 47.4 Å². The van der Waals surface area contributed by atoms with Crippen LogP contribution >= 0.6 is 0 Å². The normalized spacial score (nSPS) is 20.3. The molecule has 0 saturated heterocycles. The molecule has 0 unspecified atom stereocenters. The summed E-state index contributed by atoms with van der Waals surface area (Å²) in [5.41, 5.74) is 1.67. The summed E-state index contributed by atoms with van der Waals surface area (Å²) in [6.07, 6.45) is 11.6. The molecule has 0 bridgehead atoms. The lowest BCUT2D eigenvalue weighted by Crippen LogP contribution is -2.15. The van der Waals surface area contributed by atoms with Gasteiger partial charge in [0.25, 0.3) is 0 Å². The van der Waals surface area contributed by atoms with Crippen molar-refractivity contribution in [2.24, 2.45) is 5.92 Å². The van der Waals surface area contributed by atoms with E-state index in [0.717, 1.165) is 38.5 Å². The molecular weight excluding hydrogens is 400 g/mol. The minimum absolute atomic E-state index is 0.0151. The molecule has 0 amide bonds. The number of rotatable bonds is 6. The molecule has 0 nitrogen and oxygen atoms in total. The monoisotopic (exact) mass is 430 g/mol. The first-order valence-electron chi connectivity index (χ1n) is 11.6. The SMILES string of the molecule is C/C=C/CCC1CCC(c2cc3c(c(F)c2F)-c2c(cc(CCC)c(F)c2F)C3)CC1. The fraction of sp³-hybridized carbons (Fsp3) is 0.481. The van der Waals surface area contributed by atoms with Crippen molar-refractivity contribution < 1.29 is 17.6 Å². The number of halogens is 4. The van der Waals surface area contributed by atoms with Crippen molar-refractivity contribution in [2.75, 3.05) is 0 Å². The van der Waals surface area contributed by atoms with Gasteiger partial charge in [0.15, 0.2) is 23.3 Å². The molecule has 2 aromatic rings. The Balaban J connectivity index is 1.62. The minimum Gasteiger partial charge on any atom is -0.203 e. The highest BCUT2D eigenvalue weighted by Crippen LogP contribution is 2.46. The number of benzene rings is 2. The highest BCUT2D eigenvalue weighted by atomic mass is 19.2. The van der Waals surface area contributed by atoms with Crippen molar-refractivity contribution in [1.82, 2.24) is 0 Å². The standard InChI is InChI=1S/C27H30F4/c1-3-5-6-8-16-9-11-17(12-10-16)21-15-20-14-19-13-18(7-4-2)24(28)26(30)22(19)23(20)27(31)25(21)29/h3,5,13,15-17H,4,6-12,14H2,1-2H3/b5-3+. The lowest BCUT2D eigenvalue weighted by molar-refractivity contribution is 0.306. The van der Waals surface area contributed by atoms with Gasteiger partial charge in [0.1, 0.15) is 0 Å². The number of hydrogen-bond donors (Lipinski definition) is 0. The Morgan fingerprint density at radius 2 is 1.52 bits per heavy atom. The van der Waals surface area contributed by atoms with Crippen molar-refractivity contribution in [2.45, 2.75) is 77.6 Å². The first kappa shape index (κ1) is 22.1. The van der Waals surface area contributed by atoms with Crippen molar-refractivity contribution in [3.05, 3.63) is 69.8 Å². The number of allylic oxidation sites excluding steroid dienone is 2. The summed E-state index contributed by atoms with van der Waals surface area (Å²) >= 11 is 0. The predicted molar refractivity (Wildman–Crippen MR) is 117 cm³/mol. The number of hydrogen-bond acceptors (Lipinski definition) is 0. The highest BCUT2D eigenvalue weighted by molar-refractivity contribution is 5.79. The van der Waals surface area contributed by atoms with Crippen LogP contribution in [0.3, 0.4) is 0 Å². The maximum atomic E-state index is 15.2. The summed E-state index contributed by atoms with van der Waals surface area (Å²) in [6.45, 7) is 3.92. The van der Waals surface area contributed by atoms with Crippen LogP contribution in [0.5, 0.6) is 0 Å². The summed E-state index contributed by atoms with van der Waals surface area (Å²) in [5, 5.41) is 0. The van der Waals surface area contributed by atoms with E-state index in [1.807, 2.05) is 13.8 Å². The van der Waals surface area contributed by atoms with Crippen LogP contribution in [0.25, 0.3) is 11.1 Å². The van der Waals surface area contributed by atoms with Crippen LogP contribution in [0, 0.1) is 29.2 Å². The predicted octanol–water partition coefficient (Wildman–Crippen LogP) is 8.40. The largest absolute Gasteiger partial charge is 0.203 e. The molecule has 0 radical (unpaired) electrons. The van der Waals surface area contributed by atoms with E-state index in [-0.39, 0.29) is 17.0 Å². The molecule has 4 heteroatoms. The van der Waals surface area contributed by atoms with Gasteiger partial charge in [-0.15, -0.1) is 0 Å². The van der Waals surface area contributed by atoms with E-state index >= 15 is 8.78 Å². The summed E-state index contributed by atoms with van der Waals surface area (Å²) in [5.74, 6) is -3.28. The molecule has 1 saturated carbocycles. The molecule has 31 heavy (non-hydrogen) atoms. The molecule has 4 rings (SSSR count). The summed E-state index contributed by atoms with van der Waals surface area (Å²) < 4.78 is 59.6. The fourth-order valence-electron chi connectivity index (χ4n) is 5.47. The maximum absolute atomic E-state index is 15.2. The zero-order valence-electron chi connectivity index (χ0n) is 18.3. The average Bonchev–Trinajstić information content (AvgIpc) is 3.14. The first-order chi connectivity index (χ1) is 15.0. The zero-order chi connectivity index (χ0) is 22.1. The van der Waals surface area contributed by atoms with E-state index in [2.05, 4.69) is 12.2 Å². The third-order valence-electron chi connectivity index (χ3n) is 7.09. The van der Waals surface area contributed by atoms with Crippen molar-refractivity contribution in [3.8, 4) is 11.1 Å². The quantitative estimate of drug-likeness (QED) is 0.272. The molecule has 2 aliphatic carbocycles. The van der Waals surface area contributed by atoms with Crippen LogP contribution in [0.1, 0.15) is 87.0 Å². The molecule has 2 aliphatic rings. The highest BCUT2D eigenvalue weighted by Gasteiger charge is 2.34. The minimum atomic E-state index is -1.05. The zero-order valence-corrected chi connectivity index (χ0v) is 18.3. The molecule has 2 aromatic carbocycles. The Morgan fingerprint density at radius 3 is 2.16 bits per heavy atom. The Bertz CT molecular complexity index is 997. The number of fused-ring (bicyclic) bond motifs is 3. The van der Waals surface area contributed by atoms with E-state index in [9.17, 15) is 8.78 Å². The van der Waals surface area contributed by atoms with Crippen LogP contribution in [0.15, 0.2) is 24.3 Å². The molecule has 166 valence electrons. The Labute approximate surface area is 182 Å². The maximum Gasteiger partial charge on any atom is 0.167 e. The van der Waals surface area contributed by atoms with Crippen LogP contribution in [0.4, 0.5) is 17.6 Å². The van der Waals surface area contributed by atoms with Gasteiger partial charge in [-0.05, 0) is 92.4 Å². The van der Waals surface area contributed by atoms with E-state index in [1.54, 1.807) is 12.1 Å². The van der Waals surface area contributed by atoms with Gasteiger partial charge in [0.05, 0.1) is 0 Å².